The Kier molecular flexibility index (Phi) is 7.37. The molecular weight excluding hydrogens is 436 g/mol. The van der Waals surface area contributed by atoms with Gasteiger partial charge in [-0.3, -0.25) is 19.7 Å². The second kappa shape index (κ2) is 9.52. The van der Waals surface area contributed by atoms with E-state index in [2.05, 4.69) is 21.2 Å². The molecule has 2 aromatic carbocycles. The third-order valence-corrected chi connectivity index (χ3v) is 5.51. The molecule has 0 spiro atoms. The van der Waals surface area contributed by atoms with Crippen LogP contribution in [0.25, 0.3) is 0 Å². The number of ether oxygens (including phenoxy) is 1. The number of carbonyl (C=O) groups is 2. The minimum Gasteiger partial charge on any atom is -0.455 e. The normalized spacial score (nSPS) is 10.3. The summed E-state index contributed by atoms with van der Waals surface area (Å²) in [6, 6.07) is 9.35. The zero-order valence-electron chi connectivity index (χ0n) is 14.7. The van der Waals surface area contributed by atoms with Crippen LogP contribution in [0.15, 0.2) is 45.8 Å². The molecule has 0 saturated heterocycles. The number of hydrogen-bond acceptors (Lipinski definition) is 6. The number of nitrogens with zero attached hydrogens (tertiary/aromatic N) is 1. The van der Waals surface area contributed by atoms with Gasteiger partial charge in [0.15, 0.2) is 6.61 Å². The number of halogens is 1. The Morgan fingerprint density at radius 1 is 1.19 bits per heavy atom. The molecule has 0 atom stereocenters. The molecule has 0 bridgehead atoms. The molecule has 0 aliphatic rings. The van der Waals surface area contributed by atoms with E-state index in [1.165, 1.54) is 36.0 Å². The Balaban J connectivity index is 1.78. The summed E-state index contributed by atoms with van der Waals surface area (Å²) in [7, 11) is 0. The molecule has 2 aromatic rings. The average Bonchev–Trinajstić information content (AvgIpc) is 2.62. The van der Waals surface area contributed by atoms with Crippen molar-refractivity contribution in [3.05, 3.63) is 62.1 Å². The van der Waals surface area contributed by atoms with E-state index in [4.69, 9.17) is 4.74 Å². The number of hydrogen-bond donors (Lipinski definition) is 1. The number of nitrogens with one attached hydrogen (secondary N) is 1. The highest BCUT2D eigenvalue weighted by atomic mass is 79.9. The highest BCUT2D eigenvalue weighted by Gasteiger charge is 2.11. The highest BCUT2D eigenvalue weighted by Crippen LogP contribution is 2.28. The van der Waals surface area contributed by atoms with Crippen molar-refractivity contribution in [1.29, 1.82) is 0 Å². The second-order valence-corrected chi connectivity index (χ2v) is 7.54. The molecule has 1 amide bonds. The number of carbonyl (C=O) groups excluding carboxylic acids is 2. The monoisotopic (exact) mass is 452 g/mol. The molecule has 1 N–H and O–H groups in total. The molecule has 27 heavy (non-hydrogen) atoms. The third-order valence-electron chi connectivity index (χ3n) is 3.53. The summed E-state index contributed by atoms with van der Waals surface area (Å²) in [5.74, 6) is -0.927. The van der Waals surface area contributed by atoms with Gasteiger partial charge < -0.3 is 10.1 Å². The Morgan fingerprint density at radius 3 is 2.48 bits per heavy atom. The van der Waals surface area contributed by atoms with Crippen LogP contribution in [0.2, 0.25) is 0 Å². The number of rotatable bonds is 7. The number of esters is 1. The van der Waals surface area contributed by atoms with Gasteiger partial charge in [-0.05, 0) is 49.2 Å². The van der Waals surface area contributed by atoms with Gasteiger partial charge in [-0.1, -0.05) is 15.9 Å². The zero-order valence-corrected chi connectivity index (χ0v) is 17.1. The zero-order chi connectivity index (χ0) is 20.0. The van der Waals surface area contributed by atoms with Crippen molar-refractivity contribution in [2.24, 2.45) is 0 Å². The van der Waals surface area contributed by atoms with E-state index in [9.17, 15) is 19.7 Å². The standard InChI is InChI=1S/C18H17BrN2O5S/c1-11-8-16(12(2)7-15(11)19)27-10-18(23)26-9-17(22)20-13-3-5-14(6-4-13)21(24)25/h3-8H,9-10H2,1-2H3,(H,20,22). The summed E-state index contributed by atoms with van der Waals surface area (Å²) < 4.78 is 5.97. The number of aryl methyl sites for hydroxylation is 2. The summed E-state index contributed by atoms with van der Waals surface area (Å²) in [6.45, 7) is 3.50. The van der Waals surface area contributed by atoms with Gasteiger partial charge in [0, 0.05) is 27.2 Å². The van der Waals surface area contributed by atoms with Crippen LogP contribution in [0.4, 0.5) is 11.4 Å². The SMILES string of the molecule is Cc1cc(SCC(=O)OCC(=O)Nc2ccc([N+](=O)[O-])cc2)c(C)cc1Br. The van der Waals surface area contributed by atoms with Crippen LogP contribution in [0.3, 0.4) is 0 Å². The van der Waals surface area contributed by atoms with Crippen LogP contribution in [0, 0.1) is 24.0 Å². The molecule has 7 nitrogen and oxygen atoms in total. The van der Waals surface area contributed by atoms with E-state index < -0.39 is 23.4 Å². The Morgan fingerprint density at radius 2 is 1.85 bits per heavy atom. The molecule has 2 rings (SSSR count). The van der Waals surface area contributed by atoms with Gasteiger partial charge in [0.05, 0.1) is 10.7 Å². The number of thioether (sulfide) groups is 1. The summed E-state index contributed by atoms with van der Waals surface area (Å²) >= 11 is 4.81. The van der Waals surface area contributed by atoms with Crippen LogP contribution in [0.1, 0.15) is 11.1 Å². The van der Waals surface area contributed by atoms with Crippen molar-refractivity contribution in [2.45, 2.75) is 18.7 Å². The fraction of sp³-hybridized carbons (Fsp3) is 0.222. The van der Waals surface area contributed by atoms with Crippen LogP contribution < -0.4 is 5.32 Å². The fourth-order valence-corrected chi connectivity index (χ4v) is 3.46. The molecule has 142 valence electrons. The number of benzene rings is 2. The average molecular weight is 453 g/mol. The number of nitro benzene ring substituents is 1. The first kappa shape index (κ1) is 20.9. The number of amides is 1. The van der Waals surface area contributed by atoms with E-state index >= 15 is 0 Å². The third kappa shape index (κ3) is 6.37. The van der Waals surface area contributed by atoms with Crippen molar-refractivity contribution >= 4 is 50.9 Å². The Hall–Kier alpha value is -2.39. The molecule has 0 heterocycles. The van der Waals surface area contributed by atoms with E-state index in [1.54, 1.807) is 0 Å². The molecule has 0 aliphatic heterocycles. The number of nitro groups is 1. The van der Waals surface area contributed by atoms with Crippen LogP contribution >= 0.6 is 27.7 Å². The quantitative estimate of drug-likeness (QED) is 0.291. The molecule has 9 heteroatoms. The molecule has 0 saturated carbocycles. The molecule has 0 unspecified atom stereocenters. The summed E-state index contributed by atoms with van der Waals surface area (Å²) in [4.78, 5) is 34.7. The van der Waals surface area contributed by atoms with Gasteiger partial charge in [0.2, 0.25) is 0 Å². The van der Waals surface area contributed by atoms with Gasteiger partial charge in [-0.25, -0.2) is 0 Å². The minimum absolute atomic E-state index is 0.0741. The van der Waals surface area contributed by atoms with Crippen LogP contribution in [-0.4, -0.2) is 29.2 Å². The van der Waals surface area contributed by atoms with Crippen LogP contribution in [0.5, 0.6) is 0 Å². The number of non-ortho nitro benzene ring substituents is 1. The molecular formula is C18H17BrN2O5S. The van der Waals surface area contributed by atoms with E-state index in [0.717, 1.165) is 20.5 Å². The number of anilines is 1. The second-order valence-electron chi connectivity index (χ2n) is 5.67. The minimum atomic E-state index is -0.528. The maximum atomic E-state index is 11.8. The van der Waals surface area contributed by atoms with Crippen molar-refractivity contribution in [3.8, 4) is 0 Å². The van der Waals surface area contributed by atoms with Gasteiger partial charge in [-0.15, -0.1) is 11.8 Å². The summed E-state index contributed by atoms with van der Waals surface area (Å²) in [5.41, 5.74) is 2.42. The fourth-order valence-electron chi connectivity index (χ4n) is 2.10. The molecule has 0 aliphatic carbocycles. The first-order chi connectivity index (χ1) is 12.8. The van der Waals surface area contributed by atoms with Crippen molar-refractivity contribution in [3.63, 3.8) is 0 Å². The van der Waals surface area contributed by atoms with Crippen LogP contribution in [-0.2, 0) is 14.3 Å². The topological polar surface area (TPSA) is 98.5 Å². The van der Waals surface area contributed by atoms with E-state index in [-0.39, 0.29) is 11.4 Å². The highest BCUT2D eigenvalue weighted by molar-refractivity contribution is 9.10. The smallest absolute Gasteiger partial charge is 0.316 e. The van der Waals surface area contributed by atoms with Gasteiger partial charge in [-0.2, -0.15) is 0 Å². The lowest BCUT2D eigenvalue weighted by atomic mass is 10.2. The first-order valence-corrected chi connectivity index (χ1v) is 9.63. The van der Waals surface area contributed by atoms with Gasteiger partial charge in [0.1, 0.15) is 0 Å². The van der Waals surface area contributed by atoms with E-state index in [0.29, 0.717) is 5.69 Å². The maximum absolute atomic E-state index is 11.8. The van der Waals surface area contributed by atoms with Crippen molar-refractivity contribution in [2.75, 3.05) is 17.7 Å². The summed E-state index contributed by atoms with van der Waals surface area (Å²) in [6.07, 6.45) is 0. The predicted molar refractivity (Wildman–Crippen MR) is 107 cm³/mol. The Bertz CT molecular complexity index is 871. The largest absolute Gasteiger partial charge is 0.455 e. The maximum Gasteiger partial charge on any atom is 0.316 e. The Labute approximate surface area is 168 Å². The van der Waals surface area contributed by atoms with Crippen molar-refractivity contribution in [1.82, 2.24) is 0 Å². The van der Waals surface area contributed by atoms with Crippen molar-refractivity contribution < 1.29 is 19.2 Å². The molecule has 0 aromatic heterocycles. The molecule has 0 fully saturated rings. The van der Waals surface area contributed by atoms with E-state index in [1.807, 2.05) is 26.0 Å². The molecule has 0 radical (unpaired) electrons. The lowest BCUT2D eigenvalue weighted by Crippen LogP contribution is -2.21. The van der Waals surface area contributed by atoms with Gasteiger partial charge in [0.25, 0.3) is 11.6 Å². The first-order valence-electron chi connectivity index (χ1n) is 7.85. The lowest BCUT2D eigenvalue weighted by Gasteiger charge is -2.09. The summed E-state index contributed by atoms with van der Waals surface area (Å²) in [5, 5.41) is 13.1. The lowest BCUT2D eigenvalue weighted by molar-refractivity contribution is -0.384. The predicted octanol–water partition coefficient (Wildman–Crippen LogP) is 4.25. The van der Waals surface area contributed by atoms with Gasteiger partial charge >= 0.3 is 5.97 Å².